The molecule has 2 atom stereocenters. The van der Waals surface area contributed by atoms with Gasteiger partial charge in [0, 0.05) is 25.7 Å². The number of nitrogens with zero attached hydrogens (tertiary/aromatic N) is 2. The highest BCUT2D eigenvalue weighted by Gasteiger charge is 2.35. The number of morpholine rings is 1. The van der Waals surface area contributed by atoms with Gasteiger partial charge in [-0.2, -0.15) is 0 Å². The van der Waals surface area contributed by atoms with Gasteiger partial charge in [-0.05, 0) is 31.6 Å². The van der Waals surface area contributed by atoms with Crippen LogP contribution in [0.4, 0.5) is 0 Å². The maximum atomic E-state index is 12.6. The van der Waals surface area contributed by atoms with Crippen LogP contribution in [0, 0.1) is 5.92 Å². The lowest BCUT2D eigenvalue weighted by molar-refractivity contribution is -0.134. The number of hydrogen-bond donors (Lipinski definition) is 0. The van der Waals surface area contributed by atoms with Crippen molar-refractivity contribution in [3.8, 4) is 0 Å². The second kappa shape index (κ2) is 8.38. The molecule has 1 saturated carbocycles. The topological polar surface area (TPSA) is 49.9 Å². The molecule has 3 fully saturated rings. The average molecular weight is 340 g/mol. The zero-order chi connectivity index (χ0) is 16.1. The minimum absolute atomic E-state index is 0.139. The summed E-state index contributed by atoms with van der Waals surface area (Å²) in [6.07, 6.45) is 7.48. The third-order valence-electron chi connectivity index (χ3n) is 5.38. The third-order valence-corrected chi connectivity index (χ3v) is 6.28. The first kappa shape index (κ1) is 17.1. The van der Waals surface area contributed by atoms with Crippen LogP contribution in [0.3, 0.4) is 0 Å². The van der Waals surface area contributed by atoms with Crippen LogP contribution in [0.1, 0.15) is 38.5 Å². The highest BCUT2D eigenvalue weighted by Crippen LogP contribution is 2.35. The van der Waals surface area contributed by atoms with E-state index in [1.54, 1.807) is 0 Å². The van der Waals surface area contributed by atoms with Crippen LogP contribution >= 0.6 is 11.8 Å². The molecule has 3 rings (SSSR count). The standard InChI is InChI=1S/C17H28N2O3S/c20-16(18-8-10-22-11-9-18)12-23-13-17(21)19-7-3-5-14-4-1-2-6-15(14)19/h14-15H,1-13H2/t14-,15-/m0/s1. The molecule has 0 N–H and O–H groups in total. The summed E-state index contributed by atoms with van der Waals surface area (Å²) < 4.78 is 5.26. The van der Waals surface area contributed by atoms with E-state index in [-0.39, 0.29) is 11.8 Å². The number of ether oxygens (including phenoxy) is 1. The van der Waals surface area contributed by atoms with Crippen molar-refractivity contribution >= 4 is 23.6 Å². The van der Waals surface area contributed by atoms with E-state index in [0.29, 0.717) is 43.9 Å². The minimum Gasteiger partial charge on any atom is -0.378 e. The van der Waals surface area contributed by atoms with Crippen LogP contribution in [-0.2, 0) is 14.3 Å². The lowest BCUT2D eigenvalue weighted by Crippen LogP contribution is -2.50. The number of carbonyl (C=O) groups excluding carboxylic acids is 2. The summed E-state index contributed by atoms with van der Waals surface area (Å²) in [4.78, 5) is 28.7. The number of carbonyl (C=O) groups is 2. The Morgan fingerprint density at radius 2 is 1.61 bits per heavy atom. The second-order valence-corrected chi connectivity index (χ2v) is 7.81. The number of thioether (sulfide) groups is 1. The largest absolute Gasteiger partial charge is 0.378 e. The van der Waals surface area contributed by atoms with E-state index in [4.69, 9.17) is 4.74 Å². The zero-order valence-corrected chi connectivity index (χ0v) is 14.7. The molecule has 0 bridgehead atoms. The maximum Gasteiger partial charge on any atom is 0.232 e. The molecule has 3 aliphatic rings. The average Bonchev–Trinajstić information content (AvgIpc) is 2.61. The van der Waals surface area contributed by atoms with Gasteiger partial charge in [0.15, 0.2) is 0 Å². The first-order chi connectivity index (χ1) is 11.3. The van der Waals surface area contributed by atoms with Gasteiger partial charge in [0.25, 0.3) is 0 Å². The van der Waals surface area contributed by atoms with Crippen LogP contribution in [-0.4, -0.2) is 72.0 Å². The van der Waals surface area contributed by atoms with Gasteiger partial charge in [-0.1, -0.05) is 12.8 Å². The third kappa shape index (κ3) is 4.41. The summed E-state index contributed by atoms with van der Waals surface area (Å²) in [6.45, 7) is 3.54. The monoisotopic (exact) mass is 340 g/mol. The summed E-state index contributed by atoms with van der Waals surface area (Å²) in [5.41, 5.74) is 0. The molecule has 130 valence electrons. The maximum absolute atomic E-state index is 12.6. The van der Waals surface area contributed by atoms with E-state index in [9.17, 15) is 9.59 Å². The van der Waals surface area contributed by atoms with Gasteiger partial charge in [0.2, 0.25) is 11.8 Å². The second-order valence-electron chi connectivity index (χ2n) is 6.83. The van der Waals surface area contributed by atoms with Gasteiger partial charge in [-0.15, -0.1) is 11.8 Å². The van der Waals surface area contributed by atoms with Gasteiger partial charge in [-0.25, -0.2) is 0 Å². The van der Waals surface area contributed by atoms with Crippen molar-refractivity contribution in [3.63, 3.8) is 0 Å². The summed E-state index contributed by atoms with van der Waals surface area (Å²) in [5, 5.41) is 0. The molecule has 0 spiro atoms. The fourth-order valence-corrected chi connectivity index (χ4v) is 4.95. The smallest absolute Gasteiger partial charge is 0.232 e. The zero-order valence-electron chi connectivity index (χ0n) is 13.9. The molecule has 6 heteroatoms. The lowest BCUT2D eigenvalue weighted by Gasteiger charge is -2.44. The molecule has 0 aromatic carbocycles. The van der Waals surface area contributed by atoms with Gasteiger partial charge in [0.1, 0.15) is 0 Å². The normalized spacial score (nSPS) is 28.3. The fourth-order valence-electron chi connectivity index (χ4n) is 4.15. The molecule has 23 heavy (non-hydrogen) atoms. The number of hydrogen-bond acceptors (Lipinski definition) is 4. The number of rotatable bonds is 4. The SMILES string of the molecule is O=C(CSCC(=O)N1CCC[C@@H]2CCCC[C@@H]21)N1CCOCC1. The van der Waals surface area contributed by atoms with Crippen LogP contribution in [0.15, 0.2) is 0 Å². The van der Waals surface area contributed by atoms with E-state index in [0.717, 1.165) is 18.9 Å². The molecule has 0 unspecified atom stereocenters. The number of fused-ring (bicyclic) bond motifs is 1. The van der Waals surface area contributed by atoms with E-state index in [1.807, 2.05) is 4.90 Å². The van der Waals surface area contributed by atoms with Crippen LogP contribution in [0.2, 0.25) is 0 Å². The van der Waals surface area contributed by atoms with Crippen molar-refractivity contribution in [3.05, 3.63) is 0 Å². The highest BCUT2D eigenvalue weighted by atomic mass is 32.2. The quantitative estimate of drug-likeness (QED) is 0.782. The van der Waals surface area contributed by atoms with Crippen LogP contribution in [0.25, 0.3) is 0 Å². The Morgan fingerprint density at radius 3 is 2.43 bits per heavy atom. The summed E-state index contributed by atoms with van der Waals surface area (Å²) in [5.74, 6) is 1.95. The van der Waals surface area contributed by atoms with Crippen molar-refractivity contribution in [1.82, 2.24) is 9.80 Å². The highest BCUT2D eigenvalue weighted by molar-refractivity contribution is 8.00. The first-order valence-corrected chi connectivity index (χ1v) is 10.1. The minimum atomic E-state index is 0.139. The van der Waals surface area contributed by atoms with Crippen molar-refractivity contribution in [2.75, 3.05) is 44.4 Å². The molecule has 5 nitrogen and oxygen atoms in total. The molecular weight excluding hydrogens is 312 g/mol. The van der Waals surface area contributed by atoms with Crippen molar-refractivity contribution < 1.29 is 14.3 Å². The molecule has 1 aliphatic carbocycles. The summed E-state index contributed by atoms with van der Waals surface area (Å²) in [7, 11) is 0. The Hall–Kier alpha value is -0.750. The number of piperidine rings is 1. The Morgan fingerprint density at radius 1 is 0.913 bits per heavy atom. The van der Waals surface area contributed by atoms with Crippen LogP contribution in [0.5, 0.6) is 0 Å². The van der Waals surface area contributed by atoms with Gasteiger partial charge in [0.05, 0.1) is 24.7 Å². The Bertz CT molecular complexity index is 424. The van der Waals surface area contributed by atoms with Crippen molar-refractivity contribution in [2.45, 2.75) is 44.6 Å². The molecule has 2 aliphatic heterocycles. The van der Waals surface area contributed by atoms with E-state index >= 15 is 0 Å². The van der Waals surface area contributed by atoms with E-state index < -0.39 is 0 Å². The summed E-state index contributed by atoms with van der Waals surface area (Å²) in [6, 6.07) is 0.473. The molecule has 0 aromatic rings. The predicted molar refractivity (Wildman–Crippen MR) is 91.4 cm³/mol. The van der Waals surface area contributed by atoms with Crippen molar-refractivity contribution in [2.24, 2.45) is 5.92 Å². The van der Waals surface area contributed by atoms with Crippen LogP contribution < -0.4 is 0 Å². The van der Waals surface area contributed by atoms with Gasteiger partial charge in [-0.3, -0.25) is 9.59 Å². The van der Waals surface area contributed by atoms with Gasteiger partial charge < -0.3 is 14.5 Å². The summed E-state index contributed by atoms with van der Waals surface area (Å²) >= 11 is 1.47. The Kier molecular flexibility index (Phi) is 6.22. The molecule has 2 saturated heterocycles. The number of amides is 2. The lowest BCUT2D eigenvalue weighted by atomic mass is 9.78. The molecule has 0 aromatic heterocycles. The predicted octanol–water partition coefficient (Wildman–Crippen LogP) is 1.76. The van der Waals surface area contributed by atoms with Crippen molar-refractivity contribution in [1.29, 1.82) is 0 Å². The molecule has 2 heterocycles. The number of likely N-dealkylation sites (tertiary alicyclic amines) is 1. The molecule has 2 amide bonds. The van der Waals surface area contributed by atoms with E-state index in [1.165, 1.54) is 43.9 Å². The van der Waals surface area contributed by atoms with E-state index in [2.05, 4.69) is 4.90 Å². The van der Waals surface area contributed by atoms with Gasteiger partial charge >= 0.3 is 0 Å². The molecular formula is C17H28N2O3S. The Labute approximate surface area is 143 Å². The fraction of sp³-hybridized carbons (Fsp3) is 0.882. The Balaban J connectivity index is 1.42. The first-order valence-electron chi connectivity index (χ1n) is 8.98. The molecule has 0 radical (unpaired) electrons.